The summed E-state index contributed by atoms with van der Waals surface area (Å²) in [6.45, 7) is 4.23. The van der Waals surface area contributed by atoms with Crippen LogP contribution in [0.2, 0.25) is 0 Å². The van der Waals surface area contributed by atoms with Crippen molar-refractivity contribution in [2.24, 2.45) is 0 Å². The summed E-state index contributed by atoms with van der Waals surface area (Å²) in [5.74, 6) is 1.06. The van der Waals surface area contributed by atoms with Gasteiger partial charge in [0.25, 0.3) is 11.8 Å². The summed E-state index contributed by atoms with van der Waals surface area (Å²) < 4.78 is 8.90. The van der Waals surface area contributed by atoms with Crippen molar-refractivity contribution in [3.05, 3.63) is 58.2 Å². The number of hydrogen-bond donors (Lipinski definition) is 2. The quantitative estimate of drug-likeness (QED) is 0.469. The van der Waals surface area contributed by atoms with E-state index in [1.54, 1.807) is 34.9 Å². The maximum Gasteiger partial charge on any atom is 0.261 e. The number of benzene rings is 1. The molecule has 1 aliphatic carbocycles. The summed E-state index contributed by atoms with van der Waals surface area (Å²) in [6.07, 6.45) is 4.69. The number of rotatable bonds is 4. The topological polar surface area (TPSA) is 96.2 Å². The molecule has 5 heterocycles. The fraction of sp³-hybridized carbons (Fsp3) is 0.320. The van der Waals surface area contributed by atoms with Crippen molar-refractivity contribution in [1.82, 2.24) is 19.8 Å². The lowest BCUT2D eigenvalue weighted by Gasteiger charge is -2.31. The van der Waals surface area contributed by atoms with E-state index in [9.17, 15) is 14.7 Å². The molecule has 3 aromatic heterocycles. The second-order valence-electron chi connectivity index (χ2n) is 9.27. The molecule has 0 atom stereocenters. The Labute approximate surface area is 199 Å². The van der Waals surface area contributed by atoms with Gasteiger partial charge in [0.2, 0.25) is 0 Å². The molecular weight excluding hydrogens is 452 g/mol. The van der Waals surface area contributed by atoms with Gasteiger partial charge in [-0.3, -0.25) is 9.59 Å². The predicted molar refractivity (Wildman–Crippen MR) is 129 cm³/mol. The van der Waals surface area contributed by atoms with Gasteiger partial charge in [0, 0.05) is 30.1 Å². The molecule has 0 spiro atoms. The molecule has 2 bridgehead atoms. The van der Waals surface area contributed by atoms with Crippen LogP contribution in [0.5, 0.6) is 11.5 Å². The highest BCUT2D eigenvalue weighted by molar-refractivity contribution is 7.21. The molecule has 174 valence electrons. The minimum absolute atomic E-state index is 0.0791. The van der Waals surface area contributed by atoms with Gasteiger partial charge >= 0.3 is 0 Å². The van der Waals surface area contributed by atoms with E-state index in [-0.39, 0.29) is 17.9 Å². The van der Waals surface area contributed by atoms with E-state index >= 15 is 0 Å². The Morgan fingerprint density at radius 3 is 2.74 bits per heavy atom. The number of fused-ring (bicyclic) bond motifs is 3. The van der Waals surface area contributed by atoms with Crippen LogP contribution in [0.4, 0.5) is 0 Å². The second-order valence-corrected chi connectivity index (χ2v) is 10.3. The standard InChI is InChI=1S/C25H24N4O4S/c1-13-18(24(31)28-12-25(32)9-15(28)10-25)11-29-21(13)19(6-7-27-29)33-16-4-5-17-14(2)22(23(30)26-3)34-20(17)8-16/h4-8,11,15,32H,9-10,12H2,1-3H3,(H,26,30). The van der Waals surface area contributed by atoms with E-state index in [4.69, 9.17) is 4.74 Å². The Hall–Kier alpha value is -3.43. The van der Waals surface area contributed by atoms with Gasteiger partial charge in [-0.25, -0.2) is 4.52 Å². The van der Waals surface area contributed by atoms with Crippen LogP contribution in [0.25, 0.3) is 15.6 Å². The number of carbonyl (C=O) groups is 2. The van der Waals surface area contributed by atoms with Gasteiger partial charge in [0.15, 0.2) is 5.75 Å². The minimum Gasteiger partial charge on any atom is -0.455 e. The molecular formula is C25H24N4O4S. The second kappa shape index (κ2) is 7.28. The number of nitrogens with one attached hydrogen (secondary N) is 1. The maximum atomic E-state index is 13.2. The van der Waals surface area contributed by atoms with Crippen molar-refractivity contribution in [2.45, 2.75) is 38.3 Å². The molecule has 3 fully saturated rings. The van der Waals surface area contributed by atoms with Crippen LogP contribution in [0.3, 0.4) is 0 Å². The lowest BCUT2D eigenvalue weighted by molar-refractivity contribution is 0.00705. The van der Waals surface area contributed by atoms with E-state index in [1.807, 2.05) is 32.0 Å². The van der Waals surface area contributed by atoms with Crippen molar-refractivity contribution >= 4 is 38.8 Å². The molecule has 7 rings (SSSR count). The highest BCUT2D eigenvalue weighted by atomic mass is 32.1. The molecule has 1 aromatic carbocycles. The Kier molecular flexibility index (Phi) is 4.53. The molecule has 2 aliphatic heterocycles. The van der Waals surface area contributed by atoms with Crippen LogP contribution in [0, 0.1) is 13.8 Å². The van der Waals surface area contributed by atoms with E-state index in [0.717, 1.165) is 26.7 Å². The minimum atomic E-state index is -0.712. The number of nitrogens with zero attached hydrogens (tertiary/aromatic N) is 3. The predicted octanol–water partition coefficient (Wildman–Crippen LogP) is 3.67. The SMILES string of the molecule is CNC(=O)c1sc2cc(Oc3ccnn4cc(C(=O)N5CC6(O)CC5C6)c(C)c34)ccc2c1C. The van der Waals surface area contributed by atoms with Gasteiger partial charge in [-0.2, -0.15) is 5.10 Å². The first-order chi connectivity index (χ1) is 16.3. The highest BCUT2D eigenvalue weighted by Gasteiger charge is 2.56. The average Bonchev–Trinajstić information content (AvgIpc) is 3.52. The van der Waals surface area contributed by atoms with Crippen molar-refractivity contribution in [3.63, 3.8) is 0 Å². The molecule has 4 aromatic rings. The first-order valence-electron chi connectivity index (χ1n) is 11.2. The van der Waals surface area contributed by atoms with Gasteiger partial charge in [-0.15, -0.1) is 11.3 Å². The van der Waals surface area contributed by atoms with Crippen LogP contribution in [-0.2, 0) is 0 Å². The molecule has 0 unspecified atom stereocenters. The van der Waals surface area contributed by atoms with Crippen LogP contribution in [0.15, 0.2) is 36.7 Å². The van der Waals surface area contributed by atoms with Crippen LogP contribution < -0.4 is 10.1 Å². The van der Waals surface area contributed by atoms with E-state index in [1.165, 1.54) is 11.3 Å². The number of thiophene rings is 1. The molecule has 2 saturated heterocycles. The Morgan fingerprint density at radius 1 is 1.24 bits per heavy atom. The van der Waals surface area contributed by atoms with E-state index in [2.05, 4.69) is 10.4 Å². The van der Waals surface area contributed by atoms with Crippen molar-refractivity contribution < 1.29 is 19.4 Å². The Morgan fingerprint density at radius 2 is 2.03 bits per heavy atom. The van der Waals surface area contributed by atoms with Crippen molar-refractivity contribution in [3.8, 4) is 11.5 Å². The summed E-state index contributed by atoms with van der Waals surface area (Å²) in [7, 11) is 1.63. The number of ether oxygens (including phenoxy) is 1. The molecule has 34 heavy (non-hydrogen) atoms. The molecule has 2 amide bonds. The maximum absolute atomic E-state index is 13.2. The summed E-state index contributed by atoms with van der Waals surface area (Å²) in [5.41, 5.74) is 2.33. The van der Waals surface area contributed by atoms with Crippen molar-refractivity contribution in [1.29, 1.82) is 0 Å². The van der Waals surface area contributed by atoms with Gasteiger partial charge in [-0.1, -0.05) is 0 Å². The number of carbonyl (C=O) groups excluding carboxylic acids is 2. The lowest BCUT2D eigenvalue weighted by atomic mass is 9.81. The number of aryl methyl sites for hydroxylation is 2. The van der Waals surface area contributed by atoms with Crippen LogP contribution in [-0.4, -0.2) is 56.7 Å². The fourth-order valence-electron chi connectivity index (χ4n) is 5.25. The van der Waals surface area contributed by atoms with Crippen LogP contribution >= 0.6 is 11.3 Å². The summed E-state index contributed by atoms with van der Waals surface area (Å²) in [6, 6.07) is 7.68. The van der Waals surface area contributed by atoms with Gasteiger partial charge in [0.1, 0.15) is 11.3 Å². The smallest absolute Gasteiger partial charge is 0.261 e. The number of hydrogen-bond acceptors (Lipinski definition) is 6. The highest BCUT2D eigenvalue weighted by Crippen LogP contribution is 2.45. The number of aliphatic hydroxyl groups is 1. The first-order valence-corrected chi connectivity index (χ1v) is 12.0. The largest absolute Gasteiger partial charge is 0.455 e. The zero-order chi connectivity index (χ0) is 23.8. The zero-order valence-electron chi connectivity index (χ0n) is 19.1. The van der Waals surface area contributed by atoms with E-state index < -0.39 is 5.60 Å². The third kappa shape index (κ3) is 3.04. The average molecular weight is 477 g/mol. The summed E-state index contributed by atoms with van der Waals surface area (Å²) in [4.78, 5) is 27.9. The molecule has 8 nitrogen and oxygen atoms in total. The molecule has 2 N–H and O–H groups in total. The third-order valence-electron chi connectivity index (χ3n) is 7.09. The Bertz CT molecular complexity index is 1500. The molecule has 9 heteroatoms. The molecule has 0 radical (unpaired) electrons. The summed E-state index contributed by atoms with van der Waals surface area (Å²) >= 11 is 1.43. The zero-order valence-corrected chi connectivity index (χ0v) is 19.9. The van der Waals surface area contributed by atoms with Gasteiger partial charge in [-0.05, 0) is 61.4 Å². The third-order valence-corrected chi connectivity index (χ3v) is 8.34. The number of aromatic nitrogens is 2. The number of amides is 2. The summed E-state index contributed by atoms with van der Waals surface area (Å²) in [5, 5.41) is 18.4. The van der Waals surface area contributed by atoms with E-state index in [0.29, 0.717) is 41.3 Å². The normalized spacial score (nSPS) is 21.2. The molecule has 1 saturated carbocycles. The monoisotopic (exact) mass is 476 g/mol. The van der Waals surface area contributed by atoms with Gasteiger partial charge < -0.3 is 20.1 Å². The molecule has 3 aliphatic rings. The Balaban J connectivity index is 1.35. The fourth-order valence-corrected chi connectivity index (χ4v) is 6.44. The lowest BCUT2D eigenvalue weighted by Crippen LogP contribution is -2.40. The first kappa shape index (κ1) is 21.1. The van der Waals surface area contributed by atoms with Crippen LogP contribution in [0.1, 0.15) is 44.0 Å². The van der Waals surface area contributed by atoms with Crippen molar-refractivity contribution in [2.75, 3.05) is 13.6 Å². The van der Waals surface area contributed by atoms with Gasteiger partial charge in [0.05, 0.1) is 28.8 Å².